The molecule has 2 aromatic carbocycles. The number of carbonyl (C=O) groups excluding carboxylic acids is 2. The number of hydrogen-bond donors (Lipinski definition) is 1. The van der Waals surface area contributed by atoms with Crippen molar-refractivity contribution in [3.63, 3.8) is 0 Å². The molecule has 1 unspecified atom stereocenters. The van der Waals surface area contributed by atoms with Crippen LogP contribution in [0, 0.1) is 6.92 Å². The molecule has 0 radical (unpaired) electrons. The third-order valence-corrected chi connectivity index (χ3v) is 5.32. The summed E-state index contributed by atoms with van der Waals surface area (Å²) in [5, 5.41) is 3.55. The van der Waals surface area contributed by atoms with Crippen LogP contribution in [0.15, 0.2) is 42.5 Å². The first kappa shape index (κ1) is 15.2. The van der Waals surface area contributed by atoms with Gasteiger partial charge >= 0.3 is 0 Å². The van der Waals surface area contributed by atoms with Crippen molar-refractivity contribution in [2.45, 2.75) is 25.2 Å². The normalized spacial score (nSPS) is 22.7. The Hall–Kier alpha value is -2.33. The summed E-state index contributed by atoms with van der Waals surface area (Å²) >= 11 is 6.13. The number of amides is 2. The van der Waals surface area contributed by atoms with Gasteiger partial charge in [-0.05, 0) is 42.7 Å². The average molecular weight is 341 g/mol. The quantitative estimate of drug-likeness (QED) is 0.861. The average Bonchev–Trinajstić information content (AvgIpc) is 2.84. The van der Waals surface area contributed by atoms with Crippen molar-refractivity contribution >= 4 is 34.8 Å². The number of fused-ring (bicyclic) bond motifs is 2. The summed E-state index contributed by atoms with van der Waals surface area (Å²) in [6.07, 6.45) is 0.874. The van der Waals surface area contributed by atoms with Gasteiger partial charge < -0.3 is 10.2 Å². The zero-order valence-electron chi connectivity index (χ0n) is 13.3. The third-order valence-electron chi connectivity index (χ3n) is 5.08. The second-order valence-electron chi connectivity index (χ2n) is 6.49. The van der Waals surface area contributed by atoms with Crippen molar-refractivity contribution in [1.29, 1.82) is 0 Å². The molecule has 0 aromatic heterocycles. The number of halogens is 1. The van der Waals surface area contributed by atoms with Gasteiger partial charge in [0, 0.05) is 29.4 Å². The molecule has 2 aliphatic heterocycles. The van der Waals surface area contributed by atoms with E-state index in [1.54, 1.807) is 11.0 Å². The molecule has 4 rings (SSSR count). The summed E-state index contributed by atoms with van der Waals surface area (Å²) in [5.74, 6) is 0.00375. The molecule has 2 heterocycles. The summed E-state index contributed by atoms with van der Waals surface area (Å²) in [6, 6.07) is 13.2. The van der Waals surface area contributed by atoms with Gasteiger partial charge in [-0.3, -0.25) is 9.59 Å². The number of benzene rings is 2. The minimum atomic E-state index is -0.681. The molecule has 0 aliphatic carbocycles. The first-order chi connectivity index (χ1) is 11.5. The monoisotopic (exact) mass is 340 g/mol. The molecule has 1 saturated heterocycles. The fraction of sp³-hybridized carbons (Fsp3) is 0.263. The van der Waals surface area contributed by atoms with Gasteiger partial charge in [0.1, 0.15) is 0 Å². The summed E-state index contributed by atoms with van der Waals surface area (Å²) in [5.41, 5.74) is 2.89. The second kappa shape index (κ2) is 5.35. The summed E-state index contributed by atoms with van der Waals surface area (Å²) in [6.45, 7) is 2.29. The predicted molar refractivity (Wildman–Crippen MR) is 94.5 cm³/mol. The minimum absolute atomic E-state index is 0.0270. The van der Waals surface area contributed by atoms with E-state index >= 15 is 0 Å². The van der Waals surface area contributed by atoms with Crippen molar-refractivity contribution < 1.29 is 9.59 Å². The molecule has 122 valence electrons. The molecule has 1 spiro atoms. The molecule has 0 bridgehead atoms. The number of piperidine rings is 1. The number of nitrogens with one attached hydrogen (secondary N) is 1. The lowest BCUT2D eigenvalue weighted by atomic mass is 9.74. The first-order valence-corrected chi connectivity index (χ1v) is 8.36. The van der Waals surface area contributed by atoms with Crippen molar-refractivity contribution in [1.82, 2.24) is 0 Å². The molecule has 0 saturated carbocycles. The Morgan fingerprint density at radius 2 is 1.96 bits per heavy atom. The number of aryl methyl sites for hydroxylation is 1. The van der Waals surface area contributed by atoms with E-state index in [-0.39, 0.29) is 11.8 Å². The number of carbonyl (C=O) groups is 2. The van der Waals surface area contributed by atoms with Gasteiger partial charge in [-0.2, -0.15) is 0 Å². The van der Waals surface area contributed by atoms with Crippen LogP contribution < -0.4 is 10.2 Å². The lowest BCUT2D eigenvalue weighted by Crippen LogP contribution is -2.52. The van der Waals surface area contributed by atoms with Gasteiger partial charge in [-0.1, -0.05) is 35.9 Å². The Balaban J connectivity index is 1.80. The van der Waals surface area contributed by atoms with E-state index in [9.17, 15) is 9.59 Å². The summed E-state index contributed by atoms with van der Waals surface area (Å²) in [7, 11) is 0. The van der Waals surface area contributed by atoms with Crippen molar-refractivity contribution in [3.05, 3.63) is 58.6 Å². The van der Waals surface area contributed by atoms with E-state index < -0.39 is 5.41 Å². The SMILES string of the molecule is Cc1ccc(Cl)cc1N1CC2(CCC1=O)C(=O)Nc1ccccc12. The van der Waals surface area contributed by atoms with E-state index in [2.05, 4.69) is 5.32 Å². The highest BCUT2D eigenvalue weighted by Crippen LogP contribution is 2.45. The maximum absolute atomic E-state index is 12.8. The van der Waals surface area contributed by atoms with Crippen LogP contribution in [-0.4, -0.2) is 18.4 Å². The van der Waals surface area contributed by atoms with Crippen molar-refractivity contribution in [2.75, 3.05) is 16.8 Å². The molecule has 1 fully saturated rings. The zero-order chi connectivity index (χ0) is 16.9. The highest BCUT2D eigenvalue weighted by molar-refractivity contribution is 6.31. The van der Waals surface area contributed by atoms with Gasteiger partial charge in [0.15, 0.2) is 0 Å². The molecule has 1 atom stereocenters. The van der Waals surface area contributed by atoms with Crippen LogP contribution in [0.25, 0.3) is 0 Å². The van der Waals surface area contributed by atoms with Gasteiger partial charge in [-0.15, -0.1) is 0 Å². The van der Waals surface area contributed by atoms with Crippen molar-refractivity contribution in [2.24, 2.45) is 0 Å². The summed E-state index contributed by atoms with van der Waals surface area (Å²) < 4.78 is 0. The molecule has 4 nitrogen and oxygen atoms in total. The largest absolute Gasteiger partial charge is 0.325 e. The zero-order valence-corrected chi connectivity index (χ0v) is 14.1. The number of para-hydroxylation sites is 1. The molecular formula is C19H17ClN2O2. The molecule has 1 N–H and O–H groups in total. The van der Waals surface area contributed by atoms with Gasteiger partial charge in [-0.25, -0.2) is 0 Å². The fourth-order valence-corrected chi connectivity index (χ4v) is 3.93. The maximum Gasteiger partial charge on any atom is 0.236 e. The van der Waals surface area contributed by atoms with E-state index in [4.69, 9.17) is 11.6 Å². The number of anilines is 2. The highest BCUT2D eigenvalue weighted by atomic mass is 35.5. The molecular weight excluding hydrogens is 324 g/mol. The number of hydrogen-bond acceptors (Lipinski definition) is 2. The van der Waals surface area contributed by atoms with Crippen LogP contribution in [0.4, 0.5) is 11.4 Å². The topological polar surface area (TPSA) is 49.4 Å². The van der Waals surface area contributed by atoms with Crippen LogP contribution in [0.5, 0.6) is 0 Å². The Morgan fingerprint density at radius 1 is 1.17 bits per heavy atom. The van der Waals surface area contributed by atoms with E-state index in [1.807, 2.05) is 43.3 Å². The molecule has 24 heavy (non-hydrogen) atoms. The van der Waals surface area contributed by atoms with Gasteiger partial charge in [0.05, 0.1) is 5.41 Å². The molecule has 5 heteroatoms. The Kier molecular flexibility index (Phi) is 3.39. The Bertz CT molecular complexity index is 864. The molecule has 2 aliphatic rings. The number of nitrogens with zero attached hydrogens (tertiary/aromatic N) is 1. The van der Waals surface area contributed by atoms with Gasteiger partial charge in [0.25, 0.3) is 0 Å². The van der Waals surface area contributed by atoms with E-state index in [0.717, 1.165) is 22.5 Å². The minimum Gasteiger partial charge on any atom is -0.325 e. The Labute approximate surface area is 145 Å². The summed E-state index contributed by atoms with van der Waals surface area (Å²) in [4.78, 5) is 27.1. The second-order valence-corrected chi connectivity index (χ2v) is 6.93. The molecule has 2 aromatic rings. The maximum atomic E-state index is 12.8. The van der Waals surface area contributed by atoms with E-state index in [1.165, 1.54) is 0 Å². The van der Waals surface area contributed by atoms with Crippen molar-refractivity contribution in [3.8, 4) is 0 Å². The third kappa shape index (κ3) is 2.13. The predicted octanol–water partition coefficient (Wildman–Crippen LogP) is 3.67. The highest BCUT2D eigenvalue weighted by Gasteiger charge is 2.51. The fourth-order valence-electron chi connectivity index (χ4n) is 3.76. The van der Waals surface area contributed by atoms with Crippen LogP contribution in [0.3, 0.4) is 0 Å². The molecule has 2 amide bonds. The van der Waals surface area contributed by atoms with Crippen LogP contribution in [0.2, 0.25) is 5.02 Å². The van der Waals surface area contributed by atoms with Gasteiger partial charge in [0.2, 0.25) is 11.8 Å². The standard InChI is InChI=1S/C19H17ClN2O2/c1-12-6-7-13(20)10-16(12)22-11-19(9-8-17(22)23)14-4-2-3-5-15(14)21-18(19)24/h2-7,10H,8-9,11H2,1H3,(H,21,24). The van der Waals surface area contributed by atoms with E-state index in [0.29, 0.717) is 24.4 Å². The lowest BCUT2D eigenvalue weighted by molar-refractivity contribution is -0.125. The first-order valence-electron chi connectivity index (χ1n) is 7.99. The number of rotatable bonds is 1. The van der Waals surface area contributed by atoms with Crippen LogP contribution in [-0.2, 0) is 15.0 Å². The lowest BCUT2D eigenvalue weighted by Gasteiger charge is -2.39. The van der Waals surface area contributed by atoms with Crippen LogP contribution in [0.1, 0.15) is 24.0 Å². The smallest absolute Gasteiger partial charge is 0.236 e. The Morgan fingerprint density at radius 3 is 2.79 bits per heavy atom. The van der Waals surface area contributed by atoms with Crippen LogP contribution >= 0.6 is 11.6 Å².